The molecule has 90 valence electrons. The first-order valence-electron chi connectivity index (χ1n) is 4.01. The fourth-order valence-corrected chi connectivity index (χ4v) is 1.18. The van der Waals surface area contributed by atoms with Gasteiger partial charge in [-0.1, -0.05) is 0 Å². The van der Waals surface area contributed by atoms with Gasteiger partial charge in [0, 0.05) is 6.07 Å². The third kappa shape index (κ3) is 2.81. The molecule has 0 aliphatic carbocycles. The monoisotopic (exact) mass is 260 g/mol. The lowest BCUT2D eigenvalue weighted by Gasteiger charge is -2.04. The maximum atomic E-state index is 13.2. The van der Waals surface area contributed by atoms with Gasteiger partial charge in [0.15, 0.2) is 5.11 Å². The Morgan fingerprint density at radius 2 is 1.82 bits per heavy atom. The molecule has 0 fully saturated rings. The van der Waals surface area contributed by atoms with E-state index in [2.05, 4.69) is 17.5 Å². The zero-order chi connectivity index (χ0) is 13.2. The molecule has 0 radical (unpaired) electrons. The van der Waals surface area contributed by atoms with Gasteiger partial charge in [0.05, 0.1) is 15.9 Å². The van der Waals surface area contributed by atoms with Crippen LogP contribution in [0.1, 0.15) is 0 Å². The van der Waals surface area contributed by atoms with E-state index in [4.69, 9.17) is 5.73 Å². The van der Waals surface area contributed by atoms with Crippen LogP contribution >= 0.6 is 12.2 Å². The van der Waals surface area contributed by atoms with E-state index >= 15 is 0 Å². The van der Waals surface area contributed by atoms with E-state index in [0.717, 1.165) is 0 Å². The number of nitro benzene ring substituents is 2. The number of thiocarbonyl (C=S) groups is 1. The Morgan fingerprint density at radius 1 is 1.29 bits per heavy atom. The number of nitrogens with one attached hydrogen (secondary N) is 1. The van der Waals surface area contributed by atoms with E-state index in [1.807, 2.05) is 0 Å². The standard InChI is InChI=1S/C7H5FN4O4S/c8-3-1-4(10-7(9)17)6(12(15)16)2-5(3)11(13)14/h1-2H,(H3,9,10,17). The first-order valence-corrected chi connectivity index (χ1v) is 4.42. The second-order valence-electron chi connectivity index (χ2n) is 2.82. The molecule has 1 aromatic carbocycles. The van der Waals surface area contributed by atoms with Crippen LogP contribution in [-0.2, 0) is 0 Å². The molecule has 0 atom stereocenters. The number of anilines is 1. The number of nitrogens with zero attached hydrogens (tertiary/aromatic N) is 2. The van der Waals surface area contributed by atoms with Crippen molar-refractivity contribution in [1.82, 2.24) is 0 Å². The Morgan fingerprint density at radius 3 is 2.24 bits per heavy atom. The Balaban J connectivity index is 3.40. The molecular weight excluding hydrogens is 255 g/mol. The fraction of sp³-hybridized carbons (Fsp3) is 0. The van der Waals surface area contributed by atoms with Crippen LogP contribution in [0.5, 0.6) is 0 Å². The quantitative estimate of drug-likeness (QED) is 0.476. The van der Waals surface area contributed by atoms with Gasteiger partial charge in [-0.05, 0) is 12.2 Å². The van der Waals surface area contributed by atoms with Crippen molar-refractivity contribution in [1.29, 1.82) is 0 Å². The van der Waals surface area contributed by atoms with Crippen LogP contribution in [0.3, 0.4) is 0 Å². The highest BCUT2D eigenvalue weighted by Crippen LogP contribution is 2.31. The molecule has 1 aromatic rings. The van der Waals surface area contributed by atoms with Gasteiger partial charge in [-0.25, -0.2) is 0 Å². The summed E-state index contributed by atoms with van der Waals surface area (Å²) < 4.78 is 13.2. The van der Waals surface area contributed by atoms with Crippen molar-refractivity contribution < 1.29 is 14.2 Å². The first-order chi connectivity index (χ1) is 7.82. The minimum absolute atomic E-state index is 0.318. The molecule has 0 saturated carbocycles. The molecule has 0 spiro atoms. The Hall–Kier alpha value is -2.36. The molecule has 0 amide bonds. The number of benzene rings is 1. The predicted octanol–water partition coefficient (Wildman–Crippen LogP) is 1.30. The topological polar surface area (TPSA) is 124 Å². The van der Waals surface area contributed by atoms with Crippen molar-refractivity contribution in [2.45, 2.75) is 0 Å². The second-order valence-corrected chi connectivity index (χ2v) is 3.26. The van der Waals surface area contributed by atoms with Crippen LogP contribution in [0, 0.1) is 26.0 Å². The minimum Gasteiger partial charge on any atom is -0.376 e. The van der Waals surface area contributed by atoms with Gasteiger partial charge in [-0.15, -0.1) is 0 Å². The lowest BCUT2D eigenvalue weighted by molar-refractivity contribution is -0.395. The third-order valence-corrected chi connectivity index (χ3v) is 1.82. The molecule has 0 saturated heterocycles. The minimum atomic E-state index is -1.22. The van der Waals surface area contributed by atoms with E-state index in [9.17, 15) is 24.6 Å². The number of nitro groups is 2. The number of rotatable bonds is 3. The molecule has 0 aromatic heterocycles. The van der Waals surface area contributed by atoms with E-state index in [-0.39, 0.29) is 10.8 Å². The van der Waals surface area contributed by atoms with Crippen LogP contribution in [0.2, 0.25) is 0 Å². The Bertz CT molecular complexity index is 521. The van der Waals surface area contributed by atoms with Crippen LogP contribution in [-0.4, -0.2) is 15.0 Å². The van der Waals surface area contributed by atoms with Gasteiger partial charge in [0.2, 0.25) is 5.82 Å². The van der Waals surface area contributed by atoms with Gasteiger partial charge in [-0.3, -0.25) is 20.2 Å². The highest BCUT2D eigenvalue weighted by atomic mass is 32.1. The number of hydrogen-bond acceptors (Lipinski definition) is 5. The highest BCUT2D eigenvalue weighted by Gasteiger charge is 2.24. The summed E-state index contributed by atoms with van der Waals surface area (Å²) in [7, 11) is 0. The molecule has 0 aliphatic heterocycles. The summed E-state index contributed by atoms with van der Waals surface area (Å²) in [6.45, 7) is 0. The van der Waals surface area contributed by atoms with Crippen molar-refractivity contribution >= 4 is 34.4 Å². The van der Waals surface area contributed by atoms with Crippen LogP contribution in [0.4, 0.5) is 21.5 Å². The maximum absolute atomic E-state index is 13.2. The van der Waals surface area contributed by atoms with Crippen molar-refractivity contribution in [3.63, 3.8) is 0 Å². The molecule has 0 unspecified atom stereocenters. The van der Waals surface area contributed by atoms with Crippen LogP contribution < -0.4 is 11.1 Å². The van der Waals surface area contributed by atoms with E-state index in [1.165, 1.54) is 0 Å². The predicted molar refractivity (Wildman–Crippen MR) is 60.1 cm³/mol. The summed E-state index contributed by atoms with van der Waals surface area (Å²) in [5, 5.41) is 22.9. The summed E-state index contributed by atoms with van der Waals surface area (Å²) in [6.07, 6.45) is 0. The molecule has 3 N–H and O–H groups in total. The second kappa shape index (κ2) is 4.65. The molecule has 1 rings (SSSR count). The molecular formula is C7H5FN4O4S. The molecule has 0 heterocycles. The number of halogens is 1. The van der Waals surface area contributed by atoms with Crippen molar-refractivity contribution in [3.8, 4) is 0 Å². The zero-order valence-electron chi connectivity index (χ0n) is 8.05. The average Bonchev–Trinajstić information content (AvgIpc) is 2.15. The summed E-state index contributed by atoms with van der Waals surface area (Å²) in [6, 6.07) is 1.09. The summed E-state index contributed by atoms with van der Waals surface area (Å²) in [5.74, 6) is -1.22. The van der Waals surface area contributed by atoms with Crippen molar-refractivity contribution in [2.24, 2.45) is 5.73 Å². The first kappa shape index (κ1) is 12.7. The molecule has 8 nitrogen and oxygen atoms in total. The van der Waals surface area contributed by atoms with Gasteiger partial charge in [-0.2, -0.15) is 4.39 Å². The Labute approximate surface area is 98.5 Å². The van der Waals surface area contributed by atoms with Crippen LogP contribution in [0.15, 0.2) is 12.1 Å². The lowest BCUT2D eigenvalue weighted by Crippen LogP contribution is -2.19. The third-order valence-electron chi connectivity index (χ3n) is 1.72. The van der Waals surface area contributed by atoms with Crippen LogP contribution in [0.25, 0.3) is 0 Å². The number of nitrogens with two attached hydrogens (primary N) is 1. The summed E-state index contributed by atoms with van der Waals surface area (Å²) >= 11 is 4.44. The maximum Gasteiger partial charge on any atom is 0.311 e. The molecule has 0 bridgehead atoms. The Kier molecular flexibility index (Phi) is 3.48. The average molecular weight is 260 g/mol. The molecule has 0 aliphatic rings. The molecule has 10 heteroatoms. The van der Waals surface area contributed by atoms with Crippen molar-refractivity contribution in [3.05, 3.63) is 38.2 Å². The normalized spacial score (nSPS) is 9.71. The lowest BCUT2D eigenvalue weighted by atomic mass is 10.2. The fourth-order valence-electron chi connectivity index (χ4n) is 1.07. The summed E-state index contributed by atoms with van der Waals surface area (Å²) in [5.41, 5.74) is 3.06. The van der Waals surface area contributed by atoms with Gasteiger partial charge in [0.1, 0.15) is 5.69 Å². The van der Waals surface area contributed by atoms with Gasteiger partial charge in [0.25, 0.3) is 5.69 Å². The summed E-state index contributed by atoms with van der Waals surface area (Å²) in [4.78, 5) is 19.1. The van der Waals surface area contributed by atoms with Crippen molar-refractivity contribution in [2.75, 3.05) is 5.32 Å². The van der Waals surface area contributed by atoms with Gasteiger partial charge < -0.3 is 11.1 Å². The highest BCUT2D eigenvalue weighted by molar-refractivity contribution is 7.80. The number of hydrogen-bond donors (Lipinski definition) is 2. The van der Waals surface area contributed by atoms with E-state index in [1.54, 1.807) is 0 Å². The molecule has 17 heavy (non-hydrogen) atoms. The van der Waals surface area contributed by atoms with E-state index < -0.39 is 27.0 Å². The SMILES string of the molecule is NC(=S)Nc1cc(F)c([N+](=O)[O-])cc1[N+](=O)[O-]. The zero-order valence-corrected chi connectivity index (χ0v) is 8.86. The largest absolute Gasteiger partial charge is 0.376 e. The smallest absolute Gasteiger partial charge is 0.311 e. The van der Waals surface area contributed by atoms with Gasteiger partial charge >= 0.3 is 5.69 Å². The van der Waals surface area contributed by atoms with E-state index in [0.29, 0.717) is 12.1 Å².